The predicted octanol–water partition coefficient (Wildman–Crippen LogP) is 4.24. The fourth-order valence-corrected chi connectivity index (χ4v) is 11.3. The molecule has 1 saturated carbocycles. The second-order valence-corrected chi connectivity index (χ2v) is 13.1. The molecule has 10 heteroatoms. The quantitative estimate of drug-likeness (QED) is 0.220. The van der Waals surface area contributed by atoms with Crippen LogP contribution in [0.4, 0.5) is 0 Å². The van der Waals surface area contributed by atoms with E-state index >= 15 is 0 Å². The van der Waals surface area contributed by atoms with E-state index in [0.29, 0.717) is 5.03 Å². The van der Waals surface area contributed by atoms with E-state index < -0.39 is 32.5 Å². The average Bonchev–Trinajstić information content (AvgIpc) is 2.60. The molecular weight excluding hydrogens is 671 g/mol. The summed E-state index contributed by atoms with van der Waals surface area (Å²) in [5.41, 5.74) is 0. The zero-order valence-electron chi connectivity index (χ0n) is 8.45. The van der Waals surface area contributed by atoms with Crippen LogP contribution in [0, 0.1) is 0 Å². The van der Waals surface area contributed by atoms with Gasteiger partial charge in [0.15, 0.2) is 8.65 Å². The highest BCUT2D eigenvalue weighted by Crippen LogP contribution is 2.83. The van der Waals surface area contributed by atoms with Crippen molar-refractivity contribution in [1.82, 2.24) is 0 Å². The average molecular weight is 672 g/mol. The van der Waals surface area contributed by atoms with Gasteiger partial charge in [-0.15, -0.1) is 0 Å². The van der Waals surface area contributed by atoms with Crippen molar-refractivity contribution in [2.75, 3.05) is 0 Å². The Morgan fingerprint density at radius 3 is 1.89 bits per heavy atom. The molecular formula is C9HBr6ClO3. The van der Waals surface area contributed by atoms with Crippen LogP contribution in [0.15, 0.2) is 11.1 Å². The molecule has 4 atom stereocenters. The SMILES string of the molecule is O=C1OC(=O)C2(Br)C3(Br)C(Cl)=CC(Br)(C3(Br)Br)C12Br. The Balaban J connectivity index is 2.49. The summed E-state index contributed by atoms with van der Waals surface area (Å²) >= 11 is 27.2. The maximum Gasteiger partial charge on any atom is 0.334 e. The van der Waals surface area contributed by atoms with Crippen LogP contribution < -0.4 is 0 Å². The molecule has 4 unspecified atom stereocenters. The minimum atomic E-state index is -1.41. The van der Waals surface area contributed by atoms with E-state index in [1.54, 1.807) is 6.08 Å². The van der Waals surface area contributed by atoms with Crippen LogP contribution in [0.1, 0.15) is 0 Å². The van der Waals surface area contributed by atoms with Gasteiger partial charge >= 0.3 is 11.9 Å². The van der Waals surface area contributed by atoms with E-state index in [2.05, 4.69) is 95.6 Å². The zero-order chi connectivity index (χ0) is 14.6. The number of hydrogen-bond donors (Lipinski definition) is 0. The number of hydrogen-bond acceptors (Lipinski definition) is 3. The minimum absolute atomic E-state index is 0.372. The molecule has 0 aromatic carbocycles. The molecule has 3 rings (SSSR count). The van der Waals surface area contributed by atoms with Crippen LogP contribution in [-0.2, 0) is 14.3 Å². The normalized spacial score (nSPS) is 54.2. The number of carbonyl (C=O) groups excluding carboxylic acids is 2. The summed E-state index contributed by atoms with van der Waals surface area (Å²) in [6.45, 7) is 0. The van der Waals surface area contributed by atoms with Gasteiger partial charge in [-0.25, -0.2) is 9.59 Å². The summed E-state index contributed by atoms with van der Waals surface area (Å²) < 4.78 is -1.03. The van der Waals surface area contributed by atoms with Gasteiger partial charge in [-0.2, -0.15) is 0 Å². The molecule has 0 amide bonds. The molecule has 0 spiro atoms. The molecule has 0 N–H and O–H groups in total. The first kappa shape index (κ1) is 15.9. The third-order valence-corrected chi connectivity index (χ3v) is 16.6. The predicted molar refractivity (Wildman–Crippen MR) is 92.3 cm³/mol. The summed E-state index contributed by atoms with van der Waals surface area (Å²) in [5, 5.41) is 0.372. The highest BCUT2D eigenvalue weighted by Gasteiger charge is 2.96. The first-order valence-electron chi connectivity index (χ1n) is 4.72. The number of fused-ring (bicyclic) bond motifs is 5. The van der Waals surface area contributed by atoms with Crippen molar-refractivity contribution in [3.05, 3.63) is 11.1 Å². The molecule has 2 aliphatic carbocycles. The van der Waals surface area contributed by atoms with E-state index in [1.165, 1.54) is 0 Å². The van der Waals surface area contributed by atoms with Gasteiger partial charge in [-0.1, -0.05) is 107 Å². The molecule has 1 heterocycles. The molecule has 3 nitrogen and oxygen atoms in total. The highest BCUT2D eigenvalue weighted by atomic mass is 79.9. The topological polar surface area (TPSA) is 43.4 Å². The second-order valence-electron chi connectivity index (χ2n) is 4.43. The van der Waals surface area contributed by atoms with Crippen LogP contribution in [0.2, 0.25) is 0 Å². The van der Waals surface area contributed by atoms with Crippen molar-refractivity contribution in [1.29, 1.82) is 0 Å². The third kappa shape index (κ3) is 1.19. The lowest BCUT2D eigenvalue weighted by atomic mass is 9.84. The molecule has 0 aromatic rings. The number of allylic oxidation sites excluding steroid dienone is 2. The second kappa shape index (κ2) is 3.93. The van der Waals surface area contributed by atoms with Crippen molar-refractivity contribution in [3.63, 3.8) is 0 Å². The first-order valence-corrected chi connectivity index (χ1v) is 9.85. The van der Waals surface area contributed by atoms with Crippen LogP contribution in [0.25, 0.3) is 0 Å². The van der Waals surface area contributed by atoms with Crippen LogP contribution >= 0.6 is 107 Å². The van der Waals surface area contributed by atoms with Crippen molar-refractivity contribution < 1.29 is 14.3 Å². The fourth-order valence-electron chi connectivity index (χ4n) is 2.75. The number of carbonyl (C=O) groups is 2. The summed E-state index contributed by atoms with van der Waals surface area (Å²) in [7, 11) is 0. The third-order valence-electron chi connectivity index (χ3n) is 3.74. The Labute approximate surface area is 163 Å². The molecule has 2 bridgehead atoms. The Morgan fingerprint density at radius 1 is 0.895 bits per heavy atom. The van der Waals surface area contributed by atoms with E-state index in [4.69, 9.17) is 16.3 Å². The fraction of sp³-hybridized carbons (Fsp3) is 0.556. The standard InChI is InChI=1S/C9HBr6ClO3/c10-5-1-2(16)6(11,9(5,14)15)8(13)4(18)19-3(17)7(5,8)12/h1H. The zero-order valence-corrected chi connectivity index (χ0v) is 18.7. The van der Waals surface area contributed by atoms with Crippen molar-refractivity contribution in [2.24, 2.45) is 0 Å². The van der Waals surface area contributed by atoms with Gasteiger partial charge in [-0.3, -0.25) is 0 Å². The van der Waals surface area contributed by atoms with Gasteiger partial charge in [0.2, 0.25) is 0 Å². The van der Waals surface area contributed by atoms with Crippen LogP contribution in [-0.4, -0.2) is 32.5 Å². The van der Waals surface area contributed by atoms with Crippen molar-refractivity contribution in [3.8, 4) is 0 Å². The van der Waals surface area contributed by atoms with Gasteiger partial charge < -0.3 is 4.74 Å². The maximum atomic E-state index is 12.3. The Morgan fingerprint density at radius 2 is 1.37 bits per heavy atom. The molecule has 0 radical (unpaired) electrons. The molecule has 1 saturated heterocycles. The number of ether oxygens (including phenoxy) is 1. The van der Waals surface area contributed by atoms with E-state index in [-0.39, 0.29) is 0 Å². The van der Waals surface area contributed by atoms with Crippen LogP contribution in [0.5, 0.6) is 0 Å². The van der Waals surface area contributed by atoms with E-state index in [0.717, 1.165) is 0 Å². The Hall–Kier alpha value is 2.05. The van der Waals surface area contributed by atoms with Gasteiger partial charge in [0.05, 0.1) is 0 Å². The lowest BCUT2D eigenvalue weighted by molar-refractivity contribution is -0.153. The van der Waals surface area contributed by atoms with E-state index in [1.807, 2.05) is 0 Å². The van der Waals surface area contributed by atoms with Gasteiger partial charge in [0.25, 0.3) is 0 Å². The maximum absolute atomic E-state index is 12.3. The summed E-state index contributed by atoms with van der Waals surface area (Å²) in [6.07, 6.45) is 1.67. The highest BCUT2D eigenvalue weighted by molar-refractivity contribution is 9.27. The first-order chi connectivity index (χ1) is 8.43. The van der Waals surface area contributed by atoms with Gasteiger partial charge in [0, 0.05) is 5.03 Å². The molecule has 19 heavy (non-hydrogen) atoms. The largest absolute Gasteiger partial charge is 0.391 e. The summed E-state index contributed by atoms with van der Waals surface area (Å²) in [4.78, 5) is 24.5. The monoisotopic (exact) mass is 665 g/mol. The van der Waals surface area contributed by atoms with E-state index in [9.17, 15) is 9.59 Å². The minimum Gasteiger partial charge on any atom is -0.391 e. The van der Waals surface area contributed by atoms with Crippen molar-refractivity contribution in [2.45, 2.75) is 20.5 Å². The molecule has 2 fully saturated rings. The Kier molecular flexibility index (Phi) is 3.29. The summed E-state index contributed by atoms with van der Waals surface area (Å²) in [5.74, 6) is -1.39. The number of halogens is 7. The number of cyclic esters (lactones) is 2. The van der Waals surface area contributed by atoms with Gasteiger partial charge in [0.1, 0.15) is 11.9 Å². The molecule has 1 aliphatic heterocycles. The van der Waals surface area contributed by atoms with Crippen LogP contribution in [0.3, 0.4) is 0 Å². The van der Waals surface area contributed by atoms with Crippen molar-refractivity contribution >= 4 is 119 Å². The number of rotatable bonds is 0. The molecule has 3 aliphatic rings. The number of esters is 2. The molecule has 104 valence electrons. The smallest absolute Gasteiger partial charge is 0.334 e. The van der Waals surface area contributed by atoms with Gasteiger partial charge in [-0.05, 0) is 6.08 Å². The Bertz CT molecular complexity index is 593. The number of alkyl halides is 6. The molecule has 0 aromatic heterocycles. The summed E-state index contributed by atoms with van der Waals surface area (Å²) in [6, 6.07) is 0. The lowest BCUT2D eigenvalue weighted by Gasteiger charge is -2.39. The lowest BCUT2D eigenvalue weighted by Crippen LogP contribution is -2.60.